The van der Waals surface area contributed by atoms with Gasteiger partial charge in [-0.3, -0.25) is 19.4 Å². The summed E-state index contributed by atoms with van der Waals surface area (Å²) in [6.45, 7) is 2.67. The number of hydrogen-bond donors (Lipinski definition) is 1. The first kappa shape index (κ1) is 27.0. The Labute approximate surface area is 245 Å². The average molecular weight is 581 g/mol. The predicted molar refractivity (Wildman–Crippen MR) is 156 cm³/mol. The number of alkyl halides is 3. The number of imidazole rings is 1. The second kappa shape index (κ2) is 11.1. The molecule has 0 bridgehead atoms. The minimum atomic E-state index is -4.55. The molecule has 0 radical (unpaired) electrons. The molecule has 0 aliphatic carbocycles. The Morgan fingerprint density at radius 3 is 2.30 bits per heavy atom. The largest absolute Gasteiger partial charge is 0.434 e. The molecule has 8 nitrogen and oxygen atoms in total. The summed E-state index contributed by atoms with van der Waals surface area (Å²) >= 11 is 0. The van der Waals surface area contributed by atoms with Gasteiger partial charge in [-0.1, -0.05) is 60.7 Å². The van der Waals surface area contributed by atoms with Gasteiger partial charge >= 0.3 is 6.18 Å². The van der Waals surface area contributed by atoms with Crippen LogP contribution in [-0.4, -0.2) is 52.5 Å². The summed E-state index contributed by atoms with van der Waals surface area (Å²) in [5, 5.41) is 7.47. The molecule has 1 fully saturated rings. The normalized spacial score (nSPS) is 14.9. The lowest BCUT2D eigenvalue weighted by Crippen LogP contribution is -2.32. The van der Waals surface area contributed by atoms with Crippen LogP contribution in [-0.2, 0) is 12.7 Å². The number of H-pyrrole nitrogens is 1. The Hall–Kier alpha value is -4.90. The van der Waals surface area contributed by atoms with Crippen LogP contribution < -0.4 is 0 Å². The molecule has 5 heterocycles. The van der Waals surface area contributed by atoms with Crippen molar-refractivity contribution in [1.82, 2.24) is 39.4 Å². The number of aromatic amines is 1. The Kier molecular flexibility index (Phi) is 6.94. The molecule has 4 aromatic heterocycles. The highest BCUT2D eigenvalue weighted by Gasteiger charge is 2.34. The Morgan fingerprint density at radius 2 is 1.58 bits per heavy atom. The van der Waals surface area contributed by atoms with Gasteiger partial charge in [-0.15, -0.1) is 0 Å². The molecule has 0 saturated carbocycles. The maximum atomic E-state index is 13.4. The van der Waals surface area contributed by atoms with E-state index in [1.165, 1.54) is 4.40 Å². The zero-order valence-electron chi connectivity index (χ0n) is 23.0. The van der Waals surface area contributed by atoms with Gasteiger partial charge in [-0.05, 0) is 49.2 Å². The number of likely N-dealkylation sites (tertiary alicyclic amines) is 1. The third kappa shape index (κ3) is 5.63. The maximum Gasteiger partial charge on any atom is 0.434 e. The van der Waals surface area contributed by atoms with Gasteiger partial charge in [-0.2, -0.15) is 18.3 Å². The molecule has 2 aromatic carbocycles. The fourth-order valence-electron chi connectivity index (χ4n) is 5.56. The second-order valence-electron chi connectivity index (χ2n) is 10.7. The third-order valence-corrected chi connectivity index (χ3v) is 7.83. The molecule has 6 aromatic rings. The van der Waals surface area contributed by atoms with Crippen LogP contribution >= 0.6 is 0 Å². The summed E-state index contributed by atoms with van der Waals surface area (Å²) in [5.74, 6) is 1.85. The number of nitrogens with zero attached hydrogens (tertiary/aromatic N) is 7. The highest BCUT2D eigenvalue weighted by molar-refractivity contribution is 5.81. The number of pyridine rings is 1. The van der Waals surface area contributed by atoms with E-state index in [2.05, 4.69) is 42.2 Å². The van der Waals surface area contributed by atoms with Crippen molar-refractivity contribution in [3.63, 3.8) is 0 Å². The van der Waals surface area contributed by atoms with E-state index in [0.29, 0.717) is 17.4 Å². The lowest BCUT2D eigenvalue weighted by atomic mass is 9.95. The first-order chi connectivity index (χ1) is 20.9. The first-order valence-corrected chi connectivity index (χ1v) is 14.1. The minimum Gasteiger partial charge on any atom is -0.299 e. The van der Waals surface area contributed by atoms with E-state index >= 15 is 0 Å². The number of aromatic nitrogens is 7. The number of halogens is 3. The summed E-state index contributed by atoms with van der Waals surface area (Å²) in [5.41, 5.74) is 3.94. The summed E-state index contributed by atoms with van der Waals surface area (Å²) in [7, 11) is 0. The van der Waals surface area contributed by atoms with E-state index in [0.717, 1.165) is 72.4 Å². The molecule has 216 valence electrons. The van der Waals surface area contributed by atoms with Crippen molar-refractivity contribution in [1.29, 1.82) is 0 Å². The first-order valence-electron chi connectivity index (χ1n) is 14.1. The highest BCUT2D eigenvalue weighted by atomic mass is 19.4. The van der Waals surface area contributed by atoms with Crippen molar-refractivity contribution in [2.24, 2.45) is 0 Å². The molecular weight excluding hydrogens is 553 g/mol. The molecule has 0 spiro atoms. The van der Waals surface area contributed by atoms with Crippen molar-refractivity contribution >= 4 is 5.78 Å². The van der Waals surface area contributed by atoms with Crippen LogP contribution in [0.3, 0.4) is 0 Å². The Balaban J connectivity index is 1.07. The lowest BCUT2D eigenvalue weighted by Gasteiger charge is -2.31. The average Bonchev–Trinajstić information content (AvgIpc) is 3.70. The molecule has 7 rings (SSSR count). The van der Waals surface area contributed by atoms with Gasteiger partial charge < -0.3 is 0 Å². The fourth-order valence-corrected chi connectivity index (χ4v) is 5.56. The summed E-state index contributed by atoms with van der Waals surface area (Å²) in [6, 6.07) is 23.3. The van der Waals surface area contributed by atoms with Crippen molar-refractivity contribution < 1.29 is 13.2 Å². The van der Waals surface area contributed by atoms with Crippen LogP contribution in [0.15, 0.2) is 91.4 Å². The zero-order chi connectivity index (χ0) is 29.4. The van der Waals surface area contributed by atoms with E-state index in [9.17, 15) is 13.2 Å². The molecular formula is C32H27F3N8. The number of piperidine rings is 1. The predicted octanol–water partition coefficient (Wildman–Crippen LogP) is 6.64. The second-order valence-corrected chi connectivity index (χ2v) is 10.7. The molecule has 1 saturated heterocycles. The molecule has 0 amide bonds. The molecule has 11 heteroatoms. The Morgan fingerprint density at radius 1 is 0.814 bits per heavy atom. The quantitative estimate of drug-likeness (QED) is 0.238. The molecule has 1 N–H and O–H groups in total. The molecule has 0 unspecified atom stereocenters. The van der Waals surface area contributed by atoms with Crippen LogP contribution in [0.2, 0.25) is 0 Å². The minimum absolute atomic E-state index is 0.00728. The van der Waals surface area contributed by atoms with Crippen LogP contribution in [0.25, 0.3) is 39.7 Å². The van der Waals surface area contributed by atoms with Crippen molar-refractivity contribution in [2.45, 2.75) is 31.5 Å². The van der Waals surface area contributed by atoms with Gasteiger partial charge in [0.1, 0.15) is 11.5 Å². The van der Waals surface area contributed by atoms with Crippen molar-refractivity contribution in [2.75, 3.05) is 13.1 Å². The summed E-state index contributed by atoms with van der Waals surface area (Å²) < 4.78 is 41.4. The van der Waals surface area contributed by atoms with E-state index in [1.807, 2.05) is 60.7 Å². The number of fused-ring (bicyclic) bond motifs is 1. The molecule has 1 aliphatic rings. The van der Waals surface area contributed by atoms with Crippen LogP contribution in [0.5, 0.6) is 0 Å². The topological polar surface area (TPSA) is 87.9 Å². The van der Waals surface area contributed by atoms with Crippen molar-refractivity contribution in [3.8, 4) is 33.9 Å². The van der Waals surface area contributed by atoms with Gasteiger partial charge in [-0.25, -0.2) is 15.0 Å². The van der Waals surface area contributed by atoms with E-state index in [-0.39, 0.29) is 5.78 Å². The van der Waals surface area contributed by atoms with Gasteiger partial charge in [0.2, 0.25) is 5.78 Å². The fraction of sp³-hybridized carbons (Fsp3) is 0.219. The molecule has 1 aliphatic heterocycles. The van der Waals surface area contributed by atoms with Crippen LogP contribution in [0.1, 0.15) is 35.8 Å². The van der Waals surface area contributed by atoms with Gasteiger partial charge in [0, 0.05) is 42.2 Å². The Bertz CT molecular complexity index is 1840. The third-order valence-electron chi connectivity index (χ3n) is 7.83. The SMILES string of the molecule is FC(F)(F)c1cn2cc(-c3ccccc3)c(-c3ccc(CN4CCC(c5nc(-c6ccccn6)n[nH]5)CC4)cc3)nc2n1. The van der Waals surface area contributed by atoms with Gasteiger partial charge in [0.25, 0.3) is 0 Å². The zero-order valence-corrected chi connectivity index (χ0v) is 23.0. The monoisotopic (exact) mass is 580 g/mol. The van der Waals surface area contributed by atoms with Gasteiger partial charge in [0.15, 0.2) is 11.5 Å². The number of benzene rings is 2. The molecule has 0 atom stereocenters. The number of rotatable bonds is 6. The standard InChI is InChI=1S/C32H27F3N8/c33-32(34,35)27-20-43-19-25(22-6-2-1-3-7-22)28(38-31(43)37-27)23-11-9-21(10-12-23)18-42-16-13-24(14-17-42)29-39-30(41-40-29)26-8-4-5-15-36-26/h1-12,15,19-20,24H,13-14,16-18H2,(H,39,40,41). The smallest absolute Gasteiger partial charge is 0.299 e. The highest BCUT2D eigenvalue weighted by Crippen LogP contribution is 2.34. The molecule has 43 heavy (non-hydrogen) atoms. The maximum absolute atomic E-state index is 13.4. The number of nitrogens with one attached hydrogen (secondary N) is 1. The lowest BCUT2D eigenvalue weighted by molar-refractivity contribution is -0.140. The van der Waals surface area contributed by atoms with E-state index in [1.54, 1.807) is 12.4 Å². The van der Waals surface area contributed by atoms with Crippen LogP contribution in [0.4, 0.5) is 13.2 Å². The van der Waals surface area contributed by atoms with E-state index in [4.69, 9.17) is 4.98 Å². The van der Waals surface area contributed by atoms with Gasteiger partial charge in [0.05, 0.1) is 5.69 Å². The van der Waals surface area contributed by atoms with Crippen LogP contribution in [0, 0.1) is 0 Å². The summed E-state index contributed by atoms with van der Waals surface area (Å²) in [6.07, 6.45) is 1.79. The van der Waals surface area contributed by atoms with E-state index < -0.39 is 11.9 Å². The number of hydrogen-bond acceptors (Lipinski definition) is 6. The summed E-state index contributed by atoms with van der Waals surface area (Å²) in [4.78, 5) is 19.8. The van der Waals surface area contributed by atoms with Crippen molar-refractivity contribution in [3.05, 3.63) is 108 Å².